The van der Waals surface area contributed by atoms with Gasteiger partial charge in [-0.05, 0) is 69.7 Å². The molecule has 0 atom stereocenters. The van der Waals surface area contributed by atoms with Crippen LogP contribution in [-0.2, 0) is 9.63 Å². The van der Waals surface area contributed by atoms with Crippen LogP contribution in [-0.4, -0.2) is 24.1 Å². The van der Waals surface area contributed by atoms with Crippen molar-refractivity contribution in [1.82, 2.24) is 5.06 Å². The molecular weight excluding hydrogens is 264 g/mol. The lowest BCUT2D eigenvalue weighted by Gasteiger charge is -2.32. The van der Waals surface area contributed by atoms with Crippen molar-refractivity contribution in [3.8, 4) is 0 Å². The second-order valence-corrected chi connectivity index (χ2v) is 6.95. The van der Waals surface area contributed by atoms with Crippen LogP contribution in [0.2, 0.25) is 0 Å². The number of hydrogen-bond donors (Lipinski definition) is 1. The molecule has 1 aliphatic rings. The Hall–Kier alpha value is -1.55. The number of hydroxylamine groups is 2. The zero-order chi connectivity index (χ0) is 15.6. The van der Waals surface area contributed by atoms with Crippen molar-refractivity contribution >= 4 is 11.7 Å². The Balaban J connectivity index is 1.93. The lowest BCUT2D eigenvalue weighted by atomic mass is 9.87. The first kappa shape index (κ1) is 15.8. The molecular formula is C17H26N2O2. The first-order valence-electron chi connectivity index (χ1n) is 7.61. The number of carbonyl (C=O) groups excluding carboxylic acids is 1. The summed E-state index contributed by atoms with van der Waals surface area (Å²) in [6.07, 6.45) is 2.00. The second-order valence-electron chi connectivity index (χ2n) is 6.95. The molecule has 0 radical (unpaired) electrons. The highest BCUT2D eigenvalue weighted by atomic mass is 16.7. The van der Waals surface area contributed by atoms with Gasteiger partial charge in [0.25, 0.3) is 0 Å². The van der Waals surface area contributed by atoms with Gasteiger partial charge in [-0.1, -0.05) is 6.07 Å². The van der Waals surface area contributed by atoms with Gasteiger partial charge in [-0.2, -0.15) is 0 Å². The normalized spacial score (nSPS) is 17.7. The number of benzene rings is 1. The number of nitrogens with zero attached hydrogens (tertiary/aromatic N) is 1. The van der Waals surface area contributed by atoms with Gasteiger partial charge in [0, 0.05) is 18.8 Å². The van der Waals surface area contributed by atoms with Gasteiger partial charge in [-0.3, -0.25) is 0 Å². The molecule has 1 aliphatic heterocycles. The van der Waals surface area contributed by atoms with Crippen LogP contribution in [0, 0.1) is 12.3 Å². The van der Waals surface area contributed by atoms with E-state index in [0.717, 1.165) is 31.6 Å². The molecule has 0 saturated carbocycles. The second kappa shape index (κ2) is 6.06. The molecule has 0 aliphatic carbocycles. The van der Waals surface area contributed by atoms with Crippen molar-refractivity contribution in [3.05, 3.63) is 29.3 Å². The summed E-state index contributed by atoms with van der Waals surface area (Å²) in [6, 6.07) is 6.13. The highest BCUT2D eigenvalue weighted by molar-refractivity contribution is 5.75. The molecule has 2 N–H and O–H groups in total. The van der Waals surface area contributed by atoms with Gasteiger partial charge in [-0.15, -0.1) is 5.06 Å². The quantitative estimate of drug-likeness (QED) is 0.849. The summed E-state index contributed by atoms with van der Waals surface area (Å²) in [4.78, 5) is 17.4. The molecule has 0 unspecified atom stereocenters. The van der Waals surface area contributed by atoms with Crippen LogP contribution in [0.1, 0.15) is 50.7 Å². The summed E-state index contributed by atoms with van der Waals surface area (Å²) in [7, 11) is 0. The van der Waals surface area contributed by atoms with E-state index in [1.807, 2.05) is 32.9 Å². The maximum absolute atomic E-state index is 11.9. The van der Waals surface area contributed by atoms with Crippen LogP contribution in [0.25, 0.3) is 0 Å². The maximum Gasteiger partial charge on any atom is 0.330 e. The fourth-order valence-electron chi connectivity index (χ4n) is 2.67. The predicted octanol–water partition coefficient (Wildman–Crippen LogP) is 3.26. The summed E-state index contributed by atoms with van der Waals surface area (Å²) in [5, 5.41) is 1.80. The van der Waals surface area contributed by atoms with E-state index in [1.54, 1.807) is 5.06 Å². The van der Waals surface area contributed by atoms with Gasteiger partial charge in [0.15, 0.2) is 0 Å². The summed E-state index contributed by atoms with van der Waals surface area (Å²) < 4.78 is 0. The Morgan fingerprint density at radius 3 is 2.43 bits per heavy atom. The standard InChI is InChI=1S/C17H26N2O2/c1-12-11-14(18)5-6-15(12)13-7-9-19(10-8-13)21-16(20)17(2,3)4/h5-6,11,13H,7-10,18H2,1-4H3. The van der Waals surface area contributed by atoms with Crippen LogP contribution < -0.4 is 5.73 Å². The van der Waals surface area contributed by atoms with Crippen molar-refractivity contribution in [2.24, 2.45) is 5.41 Å². The number of piperidine rings is 1. The molecule has 21 heavy (non-hydrogen) atoms. The van der Waals surface area contributed by atoms with Crippen molar-refractivity contribution in [1.29, 1.82) is 0 Å². The number of nitrogen functional groups attached to an aromatic ring is 1. The Morgan fingerprint density at radius 2 is 1.90 bits per heavy atom. The largest absolute Gasteiger partial charge is 0.399 e. The summed E-state index contributed by atoms with van der Waals surface area (Å²) >= 11 is 0. The molecule has 0 bridgehead atoms. The predicted molar refractivity (Wildman–Crippen MR) is 84.7 cm³/mol. The summed E-state index contributed by atoms with van der Waals surface area (Å²) in [5.74, 6) is 0.361. The van der Waals surface area contributed by atoms with Gasteiger partial charge < -0.3 is 10.6 Å². The number of aryl methyl sites for hydroxylation is 1. The third kappa shape index (κ3) is 3.97. The van der Waals surface area contributed by atoms with E-state index in [-0.39, 0.29) is 5.97 Å². The molecule has 0 aromatic heterocycles. The molecule has 2 rings (SSSR count). The van der Waals surface area contributed by atoms with Gasteiger partial charge in [0.2, 0.25) is 0 Å². The zero-order valence-electron chi connectivity index (χ0n) is 13.5. The third-order valence-electron chi connectivity index (χ3n) is 4.01. The summed E-state index contributed by atoms with van der Waals surface area (Å²) in [5.41, 5.74) is 8.78. The minimum atomic E-state index is -0.454. The Kier molecular flexibility index (Phi) is 4.57. The molecule has 1 saturated heterocycles. The number of nitrogens with two attached hydrogens (primary N) is 1. The van der Waals surface area contributed by atoms with Crippen molar-refractivity contribution in [2.45, 2.75) is 46.5 Å². The monoisotopic (exact) mass is 290 g/mol. The van der Waals surface area contributed by atoms with E-state index >= 15 is 0 Å². The third-order valence-corrected chi connectivity index (χ3v) is 4.01. The SMILES string of the molecule is Cc1cc(N)ccc1C1CCN(OC(=O)C(C)(C)C)CC1. The first-order valence-corrected chi connectivity index (χ1v) is 7.61. The Morgan fingerprint density at radius 1 is 1.29 bits per heavy atom. The van der Waals surface area contributed by atoms with E-state index in [4.69, 9.17) is 10.6 Å². The maximum atomic E-state index is 11.9. The lowest BCUT2D eigenvalue weighted by Crippen LogP contribution is -2.38. The van der Waals surface area contributed by atoms with E-state index in [2.05, 4.69) is 13.0 Å². The van der Waals surface area contributed by atoms with Crippen LogP contribution in [0.3, 0.4) is 0 Å². The molecule has 0 spiro atoms. The minimum Gasteiger partial charge on any atom is -0.399 e. The average molecular weight is 290 g/mol. The Bertz CT molecular complexity index is 512. The Labute approximate surface area is 127 Å². The first-order chi connectivity index (χ1) is 9.77. The zero-order valence-corrected chi connectivity index (χ0v) is 13.5. The summed E-state index contributed by atoms with van der Waals surface area (Å²) in [6.45, 7) is 9.31. The molecule has 0 amide bonds. The number of anilines is 1. The van der Waals surface area contributed by atoms with E-state index in [9.17, 15) is 4.79 Å². The van der Waals surface area contributed by atoms with E-state index in [1.165, 1.54) is 11.1 Å². The molecule has 1 aromatic carbocycles. The van der Waals surface area contributed by atoms with E-state index < -0.39 is 5.41 Å². The molecule has 4 nitrogen and oxygen atoms in total. The van der Waals surface area contributed by atoms with Crippen LogP contribution in [0.15, 0.2) is 18.2 Å². The molecule has 1 fully saturated rings. The van der Waals surface area contributed by atoms with Crippen molar-refractivity contribution in [2.75, 3.05) is 18.8 Å². The molecule has 4 heteroatoms. The highest BCUT2D eigenvalue weighted by Crippen LogP contribution is 2.31. The van der Waals surface area contributed by atoms with Crippen LogP contribution in [0.5, 0.6) is 0 Å². The molecule has 116 valence electrons. The van der Waals surface area contributed by atoms with Gasteiger partial charge in [-0.25, -0.2) is 4.79 Å². The van der Waals surface area contributed by atoms with Crippen LogP contribution in [0.4, 0.5) is 5.69 Å². The van der Waals surface area contributed by atoms with Crippen molar-refractivity contribution < 1.29 is 9.63 Å². The van der Waals surface area contributed by atoms with Gasteiger partial charge >= 0.3 is 5.97 Å². The fourth-order valence-corrected chi connectivity index (χ4v) is 2.67. The average Bonchev–Trinajstić information content (AvgIpc) is 2.39. The van der Waals surface area contributed by atoms with Gasteiger partial charge in [0.1, 0.15) is 0 Å². The highest BCUT2D eigenvalue weighted by Gasteiger charge is 2.29. The topological polar surface area (TPSA) is 55.6 Å². The number of rotatable bonds is 2. The van der Waals surface area contributed by atoms with Crippen LogP contribution >= 0.6 is 0 Å². The fraction of sp³-hybridized carbons (Fsp3) is 0.588. The van der Waals surface area contributed by atoms with Crippen molar-refractivity contribution in [3.63, 3.8) is 0 Å². The minimum absolute atomic E-state index is 0.162. The molecule has 1 aromatic rings. The smallest absolute Gasteiger partial charge is 0.330 e. The van der Waals surface area contributed by atoms with E-state index in [0.29, 0.717) is 5.92 Å². The lowest BCUT2D eigenvalue weighted by molar-refractivity contribution is -0.204. The molecule has 1 heterocycles. The number of hydrogen-bond acceptors (Lipinski definition) is 4. The number of carbonyl (C=O) groups is 1. The van der Waals surface area contributed by atoms with Gasteiger partial charge in [0.05, 0.1) is 5.41 Å².